The van der Waals surface area contributed by atoms with Crippen LogP contribution in [0.4, 0.5) is 17.1 Å². The number of anilines is 3. The molecule has 13 aromatic rings. The smallest absolute Gasteiger partial charge is 0.0788 e. The van der Waals surface area contributed by atoms with Crippen LogP contribution in [-0.4, -0.2) is 4.98 Å². The third-order valence-corrected chi connectivity index (χ3v) is 16.3. The maximum atomic E-state index is 5.41. The van der Waals surface area contributed by atoms with E-state index in [1.165, 1.54) is 89.9 Å². The molecule has 66 heavy (non-hydrogen) atoms. The van der Waals surface area contributed by atoms with Crippen LogP contribution in [0.3, 0.4) is 0 Å². The molecule has 4 heteroatoms. The van der Waals surface area contributed by atoms with Gasteiger partial charge in [-0.25, -0.2) is 4.98 Å². The van der Waals surface area contributed by atoms with Gasteiger partial charge >= 0.3 is 0 Å². The summed E-state index contributed by atoms with van der Waals surface area (Å²) in [6, 6.07) is 85.1. The number of pyridine rings is 1. The van der Waals surface area contributed by atoms with Crippen LogP contribution in [0.2, 0.25) is 0 Å². The molecule has 0 spiro atoms. The van der Waals surface area contributed by atoms with Gasteiger partial charge in [-0.05, 0) is 88.0 Å². The molecule has 0 aliphatic heterocycles. The number of para-hydroxylation sites is 1. The van der Waals surface area contributed by atoms with Gasteiger partial charge in [-0.3, -0.25) is 0 Å². The predicted molar refractivity (Wildman–Crippen MR) is 282 cm³/mol. The van der Waals surface area contributed by atoms with Crippen molar-refractivity contribution in [2.75, 3.05) is 4.90 Å². The van der Waals surface area contributed by atoms with Crippen LogP contribution in [0.25, 0.3) is 84.4 Å². The summed E-state index contributed by atoms with van der Waals surface area (Å²) in [6.07, 6.45) is 0. The second-order valence-corrected chi connectivity index (χ2v) is 19.5. The van der Waals surface area contributed by atoms with Gasteiger partial charge in [-0.15, -0.1) is 22.7 Å². The third kappa shape index (κ3) is 5.43. The highest BCUT2D eigenvalue weighted by Gasteiger charge is 2.46. The fraction of sp³-hybridized carbons (Fsp3) is 0.0161. The van der Waals surface area contributed by atoms with E-state index in [-0.39, 0.29) is 0 Å². The zero-order chi connectivity index (χ0) is 43.3. The summed E-state index contributed by atoms with van der Waals surface area (Å²) in [4.78, 5) is 7.85. The number of hydrogen-bond acceptors (Lipinski definition) is 4. The van der Waals surface area contributed by atoms with Crippen molar-refractivity contribution in [3.8, 4) is 22.4 Å². The molecule has 0 bridgehead atoms. The number of fused-ring (bicyclic) bond motifs is 13. The van der Waals surface area contributed by atoms with Crippen molar-refractivity contribution in [2.24, 2.45) is 0 Å². The lowest BCUT2D eigenvalue weighted by atomic mass is 9.67. The summed E-state index contributed by atoms with van der Waals surface area (Å²) in [5.41, 5.74) is 13.5. The fourth-order valence-electron chi connectivity index (χ4n) is 11.1. The van der Waals surface area contributed by atoms with Gasteiger partial charge in [0.15, 0.2) is 0 Å². The molecule has 2 nitrogen and oxygen atoms in total. The van der Waals surface area contributed by atoms with Crippen LogP contribution >= 0.6 is 22.7 Å². The summed E-state index contributed by atoms with van der Waals surface area (Å²) in [6.45, 7) is 0. The topological polar surface area (TPSA) is 16.1 Å². The first-order valence-electron chi connectivity index (χ1n) is 22.5. The average Bonchev–Trinajstić information content (AvgIpc) is 4.05. The van der Waals surface area contributed by atoms with Crippen molar-refractivity contribution in [1.82, 2.24) is 4.98 Å². The Hall–Kier alpha value is -7.89. The number of nitrogens with zero attached hydrogens (tertiary/aromatic N) is 2. The number of aromatic nitrogens is 1. The quantitative estimate of drug-likeness (QED) is 0.155. The van der Waals surface area contributed by atoms with Crippen molar-refractivity contribution in [3.63, 3.8) is 0 Å². The Kier molecular flexibility index (Phi) is 8.27. The fourth-order valence-corrected chi connectivity index (χ4v) is 13.5. The lowest BCUT2D eigenvalue weighted by Gasteiger charge is -2.35. The average molecular weight is 875 g/mol. The number of thiophene rings is 2. The van der Waals surface area contributed by atoms with Crippen LogP contribution in [0.15, 0.2) is 231 Å². The Bertz CT molecular complexity index is 4010. The molecule has 0 atom stereocenters. The van der Waals surface area contributed by atoms with Crippen LogP contribution in [0, 0.1) is 0 Å². The van der Waals surface area contributed by atoms with Crippen molar-refractivity contribution in [2.45, 2.75) is 5.41 Å². The molecule has 0 radical (unpaired) electrons. The Morgan fingerprint density at radius 3 is 1.68 bits per heavy atom. The van der Waals surface area contributed by atoms with Gasteiger partial charge in [-0.1, -0.05) is 176 Å². The van der Waals surface area contributed by atoms with Crippen molar-refractivity contribution in [1.29, 1.82) is 0 Å². The second-order valence-electron chi connectivity index (χ2n) is 17.4. The molecule has 10 aromatic carbocycles. The van der Waals surface area contributed by atoms with Gasteiger partial charge in [0.1, 0.15) is 0 Å². The molecule has 0 unspecified atom stereocenters. The molecule has 0 saturated heterocycles. The molecule has 0 saturated carbocycles. The van der Waals surface area contributed by atoms with Crippen molar-refractivity contribution in [3.05, 3.63) is 253 Å². The van der Waals surface area contributed by atoms with E-state index >= 15 is 0 Å². The first-order valence-corrected chi connectivity index (χ1v) is 24.2. The standard InChI is InChI=1S/C62H38N2S2/c1-3-15-40(16-4-1)62(41-17-5-2-6-18-41)53-23-11-7-19-45(53)46-33-31-43(37-54(46)62)64(44-32-34-49-47-20-9-13-25-56(47)65-58(49)38-44)42-29-27-39(28-30-42)60-52-36-35-50-48-21-10-14-26-57(48)66-61(50)59(52)51-22-8-12-24-55(51)63-60/h1-38H. The summed E-state index contributed by atoms with van der Waals surface area (Å²) < 4.78 is 5.19. The Balaban J connectivity index is 0.985. The normalized spacial score (nSPS) is 13.0. The zero-order valence-electron chi connectivity index (χ0n) is 35.7. The minimum absolute atomic E-state index is 0.516. The van der Waals surface area contributed by atoms with E-state index in [2.05, 4.69) is 235 Å². The summed E-state index contributed by atoms with van der Waals surface area (Å²) in [5, 5.41) is 8.82. The molecule has 0 fully saturated rings. The van der Waals surface area contributed by atoms with Crippen LogP contribution in [0.1, 0.15) is 22.3 Å². The van der Waals surface area contributed by atoms with Crippen LogP contribution in [0.5, 0.6) is 0 Å². The maximum absolute atomic E-state index is 5.41. The minimum atomic E-state index is -0.516. The van der Waals surface area contributed by atoms with E-state index in [0.29, 0.717) is 0 Å². The van der Waals surface area contributed by atoms with Gasteiger partial charge < -0.3 is 4.90 Å². The zero-order valence-corrected chi connectivity index (χ0v) is 37.3. The summed E-state index contributed by atoms with van der Waals surface area (Å²) in [5.74, 6) is 0. The molecule has 308 valence electrons. The summed E-state index contributed by atoms with van der Waals surface area (Å²) in [7, 11) is 0. The lowest BCUT2D eigenvalue weighted by molar-refractivity contribution is 0.768. The first-order chi connectivity index (χ1) is 32.7. The minimum Gasteiger partial charge on any atom is -0.310 e. The molecule has 3 aromatic heterocycles. The van der Waals surface area contributed by atoms with E-state index in [1.807, 2.05) is 22.7 Å². The largest absolute Gasteiger partial charge is 0.310 e. The number of rotatable bonds is 6. The molecule has 1 aliphatic rings. The van der Waals surface area contributed by atoms with E-state index < -0.39 is 5.41 Å². The van der Waals surface area contributed by atoms with Crippen LogP contribution in [-0.2, 0) is 5.41 Å². The Morgan fingerprint density at radius 1 is 0.364 bits per heavy atom. The Labute approximate surface area is 389 Å². The third-order valence-electron chi connectivity index (χ3n) is 13.9. The molecular formula is C62H38N2S2. The number of hydrogen-bond donors (Lipinski definition) is 0. The lowest BCUT2D eigenvalue weighted by Crippen LogP contribution is -2.28. The van der Waals surface area contributed by atoms with Gasteiger partial charge in [0.2, 0.25) is 0 Å². The van der Waals surface area contributed by atoms with E-state index in [9.17, 15) is 0 Å². The maximum Gasteiger partial charge on any atom is 0.0788 e. The van der Waals surface area contributed by atoms with Crippen molar-refractivity contribution < 1.29 is 0 Å². The monoisotopic (exact) mass is 874 g/mol. The molecular weight excluding hydrogens is 837 g/mol. The van der Waals surface area contributed by atoms with E-state index in [4.69, 9.17) is 4.98 Å². The first kappa shape index (κ1) is 37.5. The van der Waals surface area contributed by atoms with Crippen molar-refractivity contribution >= 4 is 102 Å². The molecule has 0 N–H and O–H groups in total. The van der Waals surface area contributed by atoms with Gasteiger partial charge in [0.25, 0.3) is 0 Å². The highest BCUT2D eigenvalue weighted by atomic mass is 32.1. The van der Waals surface area contributed by atoms with E-state index in [0.717, 1.165) is 33.8 Å². The second kappa shape index (κ2) is 14.6. The number of benzene rings is 10. The highest BCUT2D eigenvalue weighted by Crippen LogP contribution is 2.57. The Morgan fingerprint density at radius 2 is 0.909 bits per heavy atom. The van der Waals surface area contributed by atoms with Crippen LogP contribution < -0.4 is 4.90 Å². The molecule has 0 amide bonds. The summed E-state index contributed by atoms with van der Waals surface area (Å²) >= 11 is 3.74. The van der Waals surface area contributed by atoms with Gasteiger partial charge in [-0.2, -0.15) is 0 Å². The molecule has 3 heterocycles. The predicted octanol–water partition coefficient (Wildman–Crippen LogP) is 17.6. The van der Waals surface area contributed by atoms with E-state index in [1.54, 1.807) is 0 Å². The molecule has 14 rings (SSSR count). The SMILES string of the molecule is c1ccc(C2(c3ccccc3)c3ccccc3-c3ccc(N(c4ccc(-c5nc6ccccc6c6c5ccc5c7ccccc7sc56)cc4)c4ccc5c(c4)sc4ccccc45)cc32)cc1. The van der Waals surface area contributed by atoms with Gasteiger partial charge in [0, 0.05) is 79.1 Å². The van der Waals surface area contributed by atoms with Gasteiger partial charge in [0.05, 0.1) is 16.6 Å². The highest BCUT2D eigenvalue weighted by molar-refractivity contribution is 7.27. The molecule has 1 aliphatic carbocycles.